The van der Waals surface area contributed by atoms with Crippen molar-refractivity contribution >= 4 is 0 Å². The van der Waals surface area contributed by atoms with E-state index in [1.54, 1.807) is 0 Å². The van der Waals surface area contributed by atoms with Crippen LogP contribution >= 0.6 is 0 Å². The van der Waals surface area contributed by atoms with Crippen molar-refractivity contribution in [2.45, 2.75) is 216 Å². The summed E-state index contributed by atoms with van der Waals surface area (Å²) < 4.78 is 5.71. The molecule has 284 valence electrons. The zero-order chi connectivity index (χ0) is 35.5. The third kappa shape index (κ3) is 30.4. The minimum Gasteiger partial charge on any atom is -0.394 e. The highest BCUT2D eigenvalue weighted by atomic mass is 16.5. The first kappa shape index (κ1) is 46.9. The van der Waals surface area contributed by atoms with Crippen molar-refractivity contribution < 1.29 is 14.9 Å². The normalized spacial score (nSPS) is 17.5. The maximum absolute atomic E-state index is 11.6. The molecule has 0 aliphatic heterocycles. The van der Waals surface area contributed by atoms with Crippen LogP contribution in [-0.2, 0) is 4.74 Å². The fourth-order valence-corrected chi connectivity index (χ4v) is 7.50. The summed E-state index contributed by atoms with van der Waals surface area (Å²) in [5, 5.41) is 20.8. The molecule has 0 heterocycles. The number of aliphatic hydroxyl groups excluding tert-OH is 1. The molecule has 0 aromatic carbocycles. The second kappa shape index (κ2) is 29.6. The molecule has 0 saturated carbocycles. The molecule has 47 heavy (non-hydrogen) atoms. The Morgan fingerprint density at radius 1 is 0.404 bits per heavy atom. The molecule has 0 aliphatic rings. The molecular formula is C44H90O3. The highest BCUT2D eigenvalue weighted by Gasteiger charge is 2.28. The van der Waals surface area contributed by atoms with Gasteiger partial charge < -0.3 is 14.9 Å². The summed E-state index contributed by atoms with van der Waals surface area (Å²) in [6.45, 7) is 24.6. The van der Waals surface area contributed by atoms with Gasteiger partial charge in [0, 0.05) is 0 Å². The molecule has 0 aromatic heterocycles. The van der Waals surface area contributed by atoms with Crippen molar-refractivity contribution in [2.24, 2.45) is 47.3 Å². The van der Waals surface area contributed by atoms with Gasteiger partial charge in [-0.2, -0.15) is 0 Å². The van der Waals surface area contributed by atoms with E-state index in [1.807, 2.05) is 0 Å². The minimum absolute atomic E-state index is 0.0212. The molecule has 6 atom stereocenters. The topological polar surface area (TPSA) is 49.7 Å². The van der Waals surface area contributed by atoms with Crippen molar-refractivity contribution in [3.8, 4) is 0 Å². The lowest BCUT2D eigenvalue weighted by Crippen LogP contribution is -2.36. The molecule has 0 spiro atoms. The van der Waals surface area contributed by atoms with Gasteiger partial charge in [-0.1, -0.05) is 185 Å². The predicted molar refractivity (Wildman–Crippen MR) is 209 cm³/mol. The Morgan fingerprint density at radius 2 is 0.660 bits per heavy atom. The van der Waals surface area contributed by atoms with Crippen LogP contribution in [0.5, 0.6) is 0 Å². The average Bonchev–Trinajstić information content (AvgIpc) is 2.99. The maximum Gasteiger partial charge on any atom is 0.0880 e. The number of hydrogen-bond acceptors (Lipinski definition) is 3. The molecule has 3 heteroatoms. The first-order valence-corrected chi connectivity index (χ1v) is 21.2. The molecule has 0 bridgehead atoms. The molecule has 0 fully saturated rings. The van der Waals surface area contributed by atoms with Gasteiger partial charge in [0.25, 0.3) is 0 Å². The third-order valence-electron chi connectivity index (χ3n) is 11.3. The Balaban J connectivity index is 4.29. The monoisotopic (exact) mass is 667 g/mol. The van der Waals surface area contributed by atoms with Gasteiger partial charge in [-0.25, -0.2) is 0 Å². The van der Waals surface area contributed by atoms with E-state index < -0.39 is 5.60 Å². The Bertz CT molecular complexity index is 613. The summed E-state index contributed by atoms with van der Waals surface area (Å²) in [6.07, 6.45) is 28.2. The van der Waals surface area contributed by atoms with Crippen molar-refractivity contribution in [3.05, 3.63) is 0 Å². The van der Waals surface area contributed by atoms with Gasteiger partial charge in [0.05, 0.1) is 25.4 Å². The lowest BCUT2D eigenvalue weighted by molar-refractivity contribution is -0.0682. The molecule has 0 rings (SSSR count). The summed E-state index contributed by atoms with van der Waals surface area (Å²) in [5.41, 5.74) is -0.768. The smallest absolute Gasteiger partial charge is 0.0880 e. The lowest BCUT2D eigenvalue weighted by atomic mass is 9.84. The number of rotatable bonds is 34. The van der Waals surface area contributed by atoms with Crippen molar-refractivity contribution in [3.63, 3.8) is 0 Å². The molecule has 2 N–H and O–H groups in total. The fraction of sp³-hybridized carbons (Fsp3) is 1.00. The van der Waals surface area contributed by atoms with Crippen LogP contribution in [-0.4, -0.2) is 35.6 Å². The fourth-order valence-electron chi connectivity index (χ4n) is 7.50. The molecule has 0 aliphatic carbocycles. The second-order valence-corrected chi connectivity index (χ2v) is 18.1. The van der Waals surface area contributed by atoms with E-state index in [9.17, 15) is 10.2 Å². The van der Waals surface area contributed by atoms with E-state index in [-0.39, 0.29) is 6.61 Å². The Morgan fingerprint density at radius 3 is 0.915 bits per heavy atom. The van der Waals surface area contributed by atoms with Crippen LogP contribution in [0.25, 0.3) is 0 Å². The summed E-state index contributed by atoms with van der Waals surface area (Å²) in [5.74, 6) is 6.36. The Kier molecular flexibility index (Phi) is 29.5. The molecular weight excluding hydrogens is 576 g/mol. The molecule has 3 nitrogen and oxygen atoms in total. The molecule has 0 saturated heterocycles. The largest absolute Gasteiger partial charge is 0.394 e. The zero-order valence-corrected chi connectivity index (χ0v) is 34.1. The van der Waals surface area contributed by atoms with Crippen LogP contribution in [0.1, 0.15) is 210 Å². The van der Waals surface area contributed by atoms with Crippen molar-refractivity contribution in [2.75, 3.05) is 19.8 Å². The maximum atomic E-state index is 11.6. The SMILES string of the molecule is CC(C)CCCC(C)CCCC(C)CCCC(C)CCC(O)(CCC(C)CCCC(C)CCCC(C)CCCC(C)C)COCCO. The van der Waals surface area contributed by atoms with Gasteiger partial charge in [-0.15, -0.1) is 0 Å². The second-order valence-electron chi connectivity index (χ2n) is 18.1. The van der Waals surface area contributed by atoms with E-state index >= 15 is 0 Å². The summed E-state index contributed by atoms with van der Waals surface area (Å²) in [4.78, 5) is 0. The van der Waals surface area contributed by atoms with Crippen LogP contribution < -0.4 is 0 Å². The standard InChI is InChI=1S/C44H90O3/c1-36(2)17-11-19-38(5)21-13-23-40(7)25-15-27-42(9)29-31-44(46,35-47-34-33-45)32-30-43(10)28-16-26-41(8)24-14-22-39(6)20-12-18-37(3)4/h36-43,45-46H,11-35H2,1-10H3. The summed E-state index contributed by atoms with van der Waals surface area (Å²) >= 11 is 0. The predicted octanol–water partition coefficient (Wildman–Crippen LogP) is 13.4. The molecule has 0 aromatic rings. The van der Waals surface area contributed by atoms with Crippen molar-refractivity contribution in [1.29, 1.82) is 0 Å². The van der Waals surface area contributed by atoms with Crippen LogP contribution in [0, 0.1) is 47.3 Å². The lowest BCUT2D eigenvalue weighted by Gasteiger charge is -2.30. The first-order valence-electron chi connectivity index (χ1n) is 21.2. The molecule has 0 radical (unpaired) electrons. The number of ether oxygens (including phenoxy) is 1. The van der Waals surface area contributed by atoms with E-state index in [4.69, 9.17) is 4.74 Å². The minimum atomic E-state index is -0.768. The first-order chi connectivity index (χ1) is 22.3. The number of aliphatic hydroxyl groups is 2. The summed E-state index contributed by atoms with van der Waals surface area (Å²) in [6, 6.07) is 0. The van der Waals surface area contributed by atoms with E-state index in [0.29, 0.717) is 25.0 Å². The van der Waals surface area contributed by atoms with Crippen LogP contribution in [0.3, 0.4) is 0 Å². The Hall–Kier alpha value is -0.120. The van der Waals surface area contributed by atoms with Gasteiger partial charge in [0.1, 0.15) is 0 Å². The van der Waals surface area contributed by atoms with Gasteiger partial charge in [-0.3, -0.25) is 0 Å². The Labute approximate surface area is 297 Å². The quantitative estimate of drug-likeness (QED) is 0.0672. The number of hydrogen-bond donors (Lipinski definition) is 2. The zero-order valence-electron chi connectivity index (χ0n) is 34.1. The van der Waals surface area contributed by atoms with Crippen LogP contribution in [0.15, 0.2) is 0 Å². The van der Waals surface area contributed by atoms with Gasteiger partial charge in [0.15, 0.2) is 0 Å². The van der Waals surface area contributed by atoms with Gasteiger partial charge in [0.2, 0.25) is 0 Å². The highest BCUT2D eigenvalue weighted by Crippen LogP contribution is 2.30. The highest BCUT2D eigenvalue weighted by molar-refractivity contribution is 4.80. The molecule has 0 amide bonds. The van der Waals surface area contributed by atoms with Crippen LogP contribution in [0.2, 0.25) is 0 Å². The van der Waals surface area contributed by atoms with E-state index in [2.05, 4.69) is 69.2 Å². The van der Waals surface area contributed by atoms with Crippen molar-refractivity contribution in [1.82, 2.24) is 0 Å². The van der Waals surface area contributed by atoms with Gasteiger partial charge in [-0.05, 0) is 73.0 Å². The van der Waals surface area contributed by atoms with Gasteiger partial charge >= 0.3 is 0 Å². The average molecular weight is 667 g/mol. The molecule has 6 unspecified atom stereocenters. The van der Waals surface area contributed by atoms with E-state index in [0.717, 1.165) is 61.2 Å². The summed E-state index contributed by atoms with van der Waals surface area (Å²) in [7, 11) is 0. The van der Waals surface area contributed by atoms with Crippen LogP contribution in [0.4, 0.5) is 0 Å². The van der Waals surface area contributed by atoms with E-state index in [1.165, 1.54) is 116 Å². The third-order valence-corrected chi connectivity index (χ3v) is 11.3.